The van der Waals surface area contributed by atoms with E-state index >= 15 is 0 Å². The van der Waals surface area contributed by atoms with Gasteiger partial charge in [-0.2, -0.15) is 4.98 Å². The normalized spacial score (nSPS) is 21.7. The van der Waals surface area contributed by atoms with E-state index in [0.29, 0.717) is 5.92 Å². The van der Waals surface area contributed by atoms with Crippen molar-refractivity contribution in [1.82, 2.24) is 15.3 Å². The molecule has 1 saturated carbocycles. The SMILES string of the molecule is O=C(NC1CCOCC1)C1CCc2nc(-c3ccccc3)nc(OCC3CC3)c2CC1. The number of carbonyl (C=O) groups is 1. The van der Waals surface area contributed by atoms with Crippen molar-refractivity contribution in [3.05, 3.63) is 41.6 Å². The molecule has 6 nitrogen and oxygen atoms in total. The molecule has 1 aromatic heterocycles. The van der Waals surface area contributed by atoms with Gasteiger partial charge in [0.15, 0.2) is 5.82 Å². The van der Waals surface area contributed by atoms with E-state index in [4.69, 9.17) is 19.4 Å². The van der Waals surface area contributed by atoms with Gasteiger partial charge in [0.1, 0.15) is 0 Å². The van der Waals surface area contributed by atoms with Crippen molar-refractivity contribution >= 4 is 5.91 Å². The minimum Gasteiger partial charge on any atom is -0.477 e. The van der Waals surface area contributed by atoms with Crippen LogP contribution in [0, 0.1) is 11.8 Å². The summed E-state index contributed by atoms with van der Waals surface area (Å²) in [5.41, 5.74) is 3.14. The zero-order valence-electron chi connectivity index (χ0n) is 18.0. The van der Waals surface area contributed by atoms with Gasteiger partial charge >= 0.3 is 0 Å². The van der Waals surface area contributed by atoms with E-state index in [2.05, 4.69) is 5.32 Å². The van der Waals surface area contributed by atoms with Crippen molar-refractivity contribution in [3.63, 3.8) is 0 Å². The first-order valence-corrected chi connectivity index (χ1v) is 11.7. The molecule has 31 heavy (non-hydrogen) atoms. The second-order valence-corrected chi connectivity index (χ2v) is 9.07. The maximum atomic E-state index is 12.9. The number of hydrogen-bond donors (Lipinski definition) is 1. The van der Waals surface area contributed by atoms with Gasteiger partial charge in [-0.05, 0) is 57.3 Å². The van der Waals surface area contributed by atoms with Crippen LogP contribution in [-0.4, -0.2) is 41.7 Å². The van der Waals surface area contributed by atoms with E-state index in [9.17, 15) is 4.79 Å². The molecule has 0 spiro atoms. The van der Waals surface area contributed by atoms with Crippen LogP contribution in [0.15, 0.2) is 30.3 Å². The Morgan fingerprint density at radius 3 is 2.55 bits per heavy atom. The number of aromatic nitrogens is 2. The Morgan fingerprint density at radius 2 is 1.77 bits per heavy atom. The fraction of sp³-hybridized carbons (Fsp3) is 0.560. The summed E-state index contributed by atoms with van der Waals surface area (Å²) >= 11 is 0. The molecule has 2 fully saturated rings. The van der Waals surface area contributed by atoms with Gasteiger partial charge in [0.2, 0.25) is 11.8 Å². The predicted octanol–water partition coefficient (Wildman–Crippen LogP) is 3.72. The summed E-state index contributed by atoms with van der Waals surface area (Å²) in [5.74, 6) is 2.29. The molecule has 0 bridgehead atoms. The van der Waals surface area contributed by atoms with Gasteiger partial charge in [0.25, 0.3) is 0 Å². The molecular weight excluding hydrogens is 390 g/mol. The van der Waals surface area contributed by atoms with Crippen LogP contribution in [-0.2, 0) is 22.4 Å². The van der Waals surface area contributed by atoms with Gasteiger partial charge in [0, 0.05) is 36.3 Å². The molecule has 1 amide bonds. The molecule has 164 valence electrons. The third-order valence-electron chi connectivity index (χ3n) is 6.65. The largest absolute Gasteiger partial charge is 0.477 e. The van der Waals surface area contributed by atoms with Gasteiger partial charge < -0.3 is 14.8 Å². The number of ether oxygens (including phenoxy) is 2. The van der Waals surface area contributed by atoms with Crippen LogP contribution in [0.1, 0.15) is 49.8 Å². The first-order chi connectivity index (χ1) is 15.3. The zero-order chi connectivity index (χ0) is 21.0. The van der Waals surface area contributed by atoms with Crippen LogP contribution in [0.3, 0.4) is 0 Å². The number of aryl methyl sites for hydroxylation is 1. The van der Waals surface area contributed by atoms with Gasteiger partial charge in [0.05, 0.1) is 12.3 Å². The maximum Gasteiger partial charge on any atom is 0.223 e. The molecule has 0 radical (unpaired) electrons. The lowest BCUT2D eigenvalue weighted by atomic mass is 9.97. The Labute approximate surface area is 183 Å². The number of nitrogens with zero attached hydrogens (tertiary/aromatic N) is 2. The summed E-state index contributed by atoms with van der Waals surface area (Å²) in [7, 11) is 0. The van der Waals surface area contributed by atoms with Gasteiger partial charge in [-0.25, -0.2) is 4.98 Å². The van der Waals surface area contributed by atoms with Crippen molar-refractivity contribution in [2.75, 3.05) is 19.8 Å². The van der Waals surface area contributed by atoms with Crippen molar-refractivity contribution in [2.24, 2.45) is 11.8 Å². The van der Waals surface area contributed by atoms with Gasteiger partial charge in [-0.15, -0.1) is 0 Å². The van der Waals surface area contributed by atoms with Crippen molar-refractivity contribution in [1.29, 1.82) is 0 Å². The molecule has 1 N–H and O–H groups in total. The topological polar surface area (TPSA) is 73.3 Å². The fourth-order valence-corrected chi connectivity index (χ4v) is 4.48. The Balaban J connectivity index is 1.34. The fourth-order valence-electron chi connectivity index (χ4n) is 4.48. The summed E-state index contributed by atoms with van der Waals surface area (Å²) in [6, 6.07) is 10.3. The first-order valence-electron chi connectivity index (χ1n) is 11.7. The third kappa shape index (κ3) is 5.06. The van der Waals surface area contributed by atoms with Crippen LogP contribution >= 0.6 is 0 Å². The Kier molecular flexibility index (Phi) is 6.16. The number of nitrogens with one attached hydrogen (secondary N) is 1. The molecule has 1 unspecified atom stereocenters. The molecule has 2 aliphatic carbocycles. The van der Waals surface area contributed by atoms with E-state index in [-0.39, 0.29) is 17.9 Å². The summed E-state index contributed by atoms with van der Waals surface area (Å²) in [6.45, 7) is 2.20. The molecule has 6 heteroatoms. The molecule has 1 aromatic carbocycles. The van der Waals surface area contributed by atoms with E-state index in [1.165, 1.54) is 12.8 Å². The molecule has 2 heterocycles. The summed E-state index contributed by atoms with van der Waals surface area (Å²) in [6.07, 6.45) is 7.50. The third-order valence-corrected chi connectivity index (χ3v) is 6.65. The molecule has 1 aliphatic heterocycles. The lowest BCUT2D eigenvalue weighted by Crippen LogP contribution is -2.42. The van der Waals surface area contributed by atoms with Gasteiger partial charge in [-0.1, -0.05) is 30.3 Å². The average molecular weight is 422 g/mol. The average Bonchev–Trinajstić information content (AvgIpc) is 3.65. The standard InChI is InChI=1S/C25H31N3O3/c29-24(26-20-12-14-30-15-13-20)19-8-10-21-22(11-9-19)27-23(18-4-2-1-3-5-18)28-25(21)31-16-17-6-7-17/h1-5,17,19-20H,6-16H2,(H,26,29). The Hall–Kier alpha value is -2.47. The highest BCUT2D eigenvalue weighted by Crippen LogP contribution is 2.34. The van der Waals surface area contributed by atoms with Crippen LogP contribution in [0.5, 0.6) is 5.88 Å². The number of benzene rings is 1. The number of hydrogen-bond acceptors (Lipinski definition) is 5. The smallest absolute Gasteiger partial charge is 0.223 e. The van der Waals surface area contributed by atoms with Crippen molar-refractivity contribution < 1.29 is 14.3 Å². The first kappa shape index (κ1) is 20.4. The number of rotatable bonds is 6. The van der Waals surface area contributed by atoms with Crippen LogP contribution in [0.4, 0.5) is 0 Å². The highest BCUT2D eigenvalue weighted by atomic mass is 16.5. The minimum absolute atomic E-state index is 0.00787. The lowest BCUT2D eigenvalue weighted by molar-refractivity contribution is -0.126. The monoisotopic (exact) mass is 421 g/mol. The predicted molar refractivity (Wildman–Crippen MR) is 118 cm³/mol. The van der Waals surface area contributed by atoms with Crippen LogP contribution < -0.4 is 10.1 Å². The second kappa shape index (κ2) is 9.35. The van der Waals surface area contributed by atoms with E-state index in [1.54, 1.807) is 0 Å². The van der Waals surface area contributed by atoms with Crippen molar-refractivity contribution in [3.8, 4) is 17.3 Å². The summed E-state index contributed by atoms with van der Waals surface area (Å²) in [4.78, 5) is 22.7. The second-order valence-electron chi connectivity index (χ2n) is 9.07. The van der Waals surface area contributed by atoms with Gasteiger partial charge in [-0.3, -0.25) is 4.79 Å². The zero-order valence-corrected chi connectivity index (χ0v) is 18.0. The number of carbonyl (C=O) groups excluding carboxylic acids is 1. The number of fused-ring (bicyclic) bond motifs is 1. The molecular formula is C25H31N3O3. The van der Waals surface area contributed by atoms with E-state index < -0.39 is 0 Å². The molecule has 5 rings (SSSR count). The van der Waals surface area contributed by atoms with Crippen molar-refractivity contribution in [2.45, 2.75) is 57.4 Å². The highest BCUT2D eigenvalue weighted by Gasteiger charge is 2.29. The van der Waals surface area contributed by atoms with Crippen LogP contribution in [0.2, 0.25) is 0 Å². The van der Waals surface area contributed by atoms with Crippen LogP contribution in [0.25, 0.3) is 11.4 Å². The quantitative estimate of drug-likeness (QED) is 0.720. The maximum absolute atomic E-state index is 12.9. The molecule has 3 aliphatic rings. The lowest BCUT2D eigenvalue weighted by Gasteiger charge is -2.25. The molecule has 1 atom stereocenters. The van der Waals surface area contributed by atoms with E-state index in [1.807, 2.05) is 30.3 Å². The molecule has 2 aromatic rings. The Morgan fingerprint density at radius 1 is 1.00 bits per heavy atom. The summed E-state index contributed by atoms with van der Waals surface area (Å²) < 4.78 is 11.6. The molecule has 1 saturated heterocycles. The number of amides is 1. The van der Waals surface area contributed by atoms with E-state index in [0.717, 1.165) is 86.9 Å². The Bertz CT molecular complexity index is 908. The highest BCUT2D eigenvalue weighted by molar-refractivity contribution is 5.79. The minimum atomic E-state index is 0.00787. The summed E-state index contributed by atoms with van der Waals surface area (Å²) in [5, 5.41) is 3.26.